The number of nitrogens with zero attached hydrogens (tertiary/aromatic N) is 1. The number of rotatable bonds is 2. The maximum Gasteiger partial charge on any atom is 0.410 e. The Morgan fingerprint density at radius 1 is 1.09 bits per heavy atom. The lowest BCUT2D eigenvalue weighted by Gasteiger charge is -2.39. The van der Waals surface area contributed by atoms with Gasteiger partial charge < -0.3 is 14.4 Å². The lowest BCUT2D eigenvalue weighted by molar-refractivity contribution is 0.00584. The standard InChI is InChI=1S/C19H27NO3/c1-19(2,3)23-18(21)20-15-7-8-16(20)12-14(11-15)13-5-9-17(22-4)10-6-13/h5-6,9-10,14-16H,7-8,11-12H2,1-4H3. The Morgan fingerprint density at radius 2 is 1.65 bits per heavy atom. The summed E-state index contributed by atoms with van der Waals surface area (Å²) in [4.78, 5) is 14.5. The molecule has 126 valence electrons. The van der Waals surface area contributed by atoms with Crippen LogP contribution in [0.15, 0.2) is 24.3 Å². The summed E-state index contributed by atoms with van der Waals surface area (Å²) in [5, 5.41) is 0. The zero-order valence-corrected chi connectivity index (χ0v) is 14.5. The summed E-state index contributed by atoms with van der Waals surface area (Å²) >= 11 is 0. The van der Waals surface area contributed by atoms with E-state index >= 15 is 0 Å². The number of methoxy groups -OCH3 is 1. The molecule has 2 aliphatic rings. The van der Waals surface area contributed by atoms with E-state index in [0.29, 0.717) is 18.0 Å². The van der Waals surface area contributed by atoms with Gasteiger partial charge in [-0.2, -0.15) is 0 Å². The molecule has 2 bridgehead atoms. The van der Waals surface area contributed by atoms with Crippen molar-refractivity contribution in [2.75, 3.05) is 7.11 Å². The largest absolute Gasteiger partial charge is 0.497 e. The molecule has 4 heteroatoms. The molecule has 0 radical (unpaired) electrons. The molecule has 0 aliphatic carbocycles. The molecule has 0 N–H and O–H groups in total. The van der Waals surface area contributed by atoms with E-state index in [4.69, 9.17) is 9.47 Å². The van der Waals surface area contributed by atoms with Gasteiger partial charge in [-0.1, -0.05) is 12.1 Å². The Kier molecular flexibility index (Phi) is 4.26. The van der Waals surface area contributed by atoms with Gasteiger partial charge in [-0.3, -0.25) is 0 Å². The molecule has 0 aromatic heterocycles. The van der Waals surface area contributed by atoms with Crippen LogP contribution in [0.2, 0.25) is 0 Å². The van der Waals surface area contributed by atoms with Crippen molar-refractivity contribution in [3.05, 3.63) is 29.8 Å². The van der Waals surface area contributed by atoms with Crippen molar-refractivity contribution < 1.29 is 14.3 Å². The zero-order valence-electron chi connectivity index (χ0n) is 14.5. The molecule has 2 aliphatic heterocycles. The molecule has 1 amide bonds. The SMILES string of the molecule is COc1ccc(C2CC3CCC(C2)N3C(=O)OC(C)(C)C)cc1. The molecule has 2 heterocycles. The first-order valence-corrected chi connectivity index (χ1v) is 8.52. The normalized spacial score (nSPS) is 27.0. The van der Waals surface area contributed by atoms with Crippen molar-refractivity contribution >= 4 is 6.09 Å². The highest BCUT2D eigenvalue weighted by atomic mass is 16.6. The molecule has 2 saturated heterocycles. The summed E-state index contributed by atoms with van der Waals surface area (Å²) in [7, 11) is 1.69. The van der Waals surface area contributed by atoms with E-state index in [-0.39, 0.29) is 6.09 Å². The van der Waals surface area contributed by atoms with Crippen LogP contribution in [0.4, 0.5) is 4.79 Å². The van der Waals surface area contributed by atoms with E-state index in [1.54, 1.807) is 7.11 Å². The quantitative estimate of drug-likeness (QED) is 0.814. The topological polar surface area (TPSA) is 38.8 Å². The van der Waals surface area contributed by atoms with Crippen LogP contribution in [0.1, 0.15) is 57.9 Å². The van der Waals surface area contributed by atoms with Gasteiger partial charge >= 0.3 is 6.09 Å². The minimum absolute atomic E-state index is 0.141. The van der Waals surface area contributed by atoms with Gasteiger partial charge in [0.1, 0.15) is 11.4 Å². The Balaban J connectivity index is 1.70. The Labute approximate surface area is 138 Å². The average Bonchev–Trinajstić information content (AvgIpc) is 2.76. The van der Waals surface area contributed by atoms with Gasteiger partial charge in [0.05, 0.1) is 7.11 Å². The smallest absolute Gasteiger partial charge is 0.410 e. The Morgan fingerprint density at radius 3 is 2.13 bits per heavy atom. The molecular weight excluding hydrogens is 290 g/mol. The third-order valence-electron chi connectivity index (χ3n) is 4.92. The van der Waals surface area contributed by atoms with Gasteiger partial charge in [0, 0.05) is 12.1 Å². The Bertz CT molecular complexity index is 547. The first kappa shape index (κ1) is 16.2. The number of hydrogen-bond donors (Lipinski definition) is 0. The monoisotopic (exact) mass is 317 g/mol. The summed E-state index contributed by atoms with van der Waals surface area (Å²) in [6.07, 6.45) is 4.11. The number of hydrogen-bond acceptors (Lipinski definition) is 3. The van der Waals surface area contributed by atoms with Crippen molar-refractivity contribution in [3.63, 3.8) is 0 Å². The van der Waals surface area contributed by atoms with Crippen LogP contribution in [0.5, 0.6) is 5.75 Å². The van der Waals surface area contributed by atoms with Crippen LogP contribution < -0.4 is 4.74 Å². The van der Waals surface area contributed by atoms with E-state index in [1.807, 2.05) is 37.8 Å². The number of carbonyl (C=O) groups excluding carboxylic acids is 1. The second-order valence-electron chi connectivity index (χ2n) is 7.71. The predicted molar refractivity (Wildman–Crippen MR) is 89.9 cm³/mol. The van der Waals surface area contributed by atoms with Crippen LogP contribution in [0.3, 0.4) is 0 Å². The summed E-state index contributed by atoms with van der Waals surface area (Å²) in [6, 6.07) is 9.00. The molecule has 4 nitrogen and oxygen atoms in total. The van der Waals surface area contributed by atoms with Crippen molar-refractivity contribution in [2.45, 2.75) is 70.1 Å². The average molecular weight is 317 g/mol. The third kappa shape index (κ3) is 3.46. The first-order valence-electron chi connectivity index (χ1n) is 8.52. The minimum atomic E-state index is -0.427. The van der Waals surface area contributed by atoms with E-state index < -0.39 is 5.60 Å². The maximum absolute atomic E-state index is 12.5. The predicted octanol–water partition coefficient (Wildman–Crippen LogP) is 4.34. The maximum atomic E-state index is 12.5. The van der Waals surface area contributed by atoms with E-state index in [9.17, 15) is 4.79 Å². The second kappa shape index (κ2) is 6.06. The lowest BCUT2D eigenvalue weighted by atomic mass is 9.85. The van der Waals surface area contributed by atoms with Gasteiger partial charge in [-0.15, -0.1) is 0 Å². The van der Waals surface area contributed by atoms with Gasteiger partial charge in [-0.25, -0.2) is 4.79 Å². The van der Waals surface area contributed by atoms with Gasteiger partial charge in [0.2, 0.25) is 0 Å². The van der Waals surface area contributed by atoms with Crippen molar-refractivity contribution in [2.24, 2.45) is 0 Å². The molecule has 23 heavy (non-hydrogen) atoms. The molecule has 0 saturated carbocycles. The lowest BCUT2D eigenvalue weighted by Crippen LogP contribution is -2.48. The van der Waals surface area contributed by atoms with Crippen molar-refractivity contribution in [1.29, 1.82) is 0 Å². The summed E-state index contributed by atoms with van der Waals surface area (Å²) in [5.74, 6) is 1.42. The molecule has 1 aromatic rings. The fraction of sp³-hybridized carbons (Fsp3) is 0.632. The molecule has 3 rings (SSSR count). The fourth-order valence-electron chi connectivity index (χ4n) is 3.94. The summed E-state index contributed by atoms with van der Waals surface area (Å²) < 4.78 is 10.8. The molecule has 1 aromatic carbocycles. The number of fused-ring (bicyclic) bond motifs is 2. The molecule has 0 spiro atoms. The number of benzene rings is 1. The number of amides is 1. The number of carbonyl (C=O) groups is 1. The van der Waals surface area contributed by atoms with Gasteiger partial charge in [0.15, 0.2) is 0 Å². The molecular formula is C19H27NO3. The van der Waals surface area contributed by atoms with Crippen LogP contribution in [-0.4, -0.2) is 35.8 Å². The highest BCUT2D eigenvalue weighted by Gasteiger charge is 2.45. The van der Waals surface area contributed by atoms with E-state index in [0.717, 1.165) is 31.4 Å². The second-order valence-corrected chi connectivity index (χ2v) is 7.71. The summed E-state index contributed by atoms with van der Waals surface area (Å²) in [6.45, 7) is 5.78. The highest BCUT2D eigenvalue weighted by molar-refractivity contribution is 5.69. The molecule has 2 atom stereocenters. The fourth-order valence-corrected chi connectivity index (χ4v) is 3.94. The number of piperidine rings is 1. The van der Waals surface area contributed by atoms with Crippen LogP contribution in [0, 0.1) is 0 Å². The summed E-state index contributed by atoms with van der Waals surface area (Å²) in [5.41, 5.74) is 0.926. The highest BCUT2D eigenvalue weighted by Crippen LogP contribution is 2.43. The number of ether oxygens (including phenoxy) is 2. The van der Waals surface area contributed by atoms with Gasteiger partial charge in [-0.05, 0) is 70.1 Å². The molecule has 2 fully saturated rings. The van der Waals surface area contributed by atoms with Crippen LogP contribution >= 0.6 is 0 Å². The molecule has 2 unspecified atom stereocenters. The van der Waals surface area contributed by atoms with Crippen molar-refractivity contribution in [1.82, 2.24) is 4.90 Å². The van der Waals surface area contributed by atoms with Gasteiger partial charge in [0.25, 0.3) is 0 Å². The van der Waals surface area contributed by atoms with E-state index in [2.05, 4.69) is 12.1 Å². The van der Waals surface area contributed by atoms with Crippen LogP contribution in [0.25, 0.3) is 0 Å². The van der Waals surface area contributed by atoms with E-state index in [1.165, 1.54) is 5.56 Å². The Hall–Kier alpha value is -1.71. The third-order valence-corrected chi connectivity index (χ3v) is 4.92. The zero-order chi connectivity index (χ0) is 16.6. The van der Waals surface area contributed by atoms with Crippen molar-refractivity contribution in [3.8, 4) is 5.75 Å². The first-order chi connectivity index (χ1) is 10.9. The minimum Gasteiger partial charge on any atom is -0.497 e. The van der Waals surface area contributed by atoms with Crippen LogP contribution in [-0.2, 0) is 4.74 Å².